The van der Waals surface area contributed by atoms with Crippen molar-refractivity contribution in [3.63, 3.8) is 0 Å². The third-order valence-corrected chi connectivity index (χ3v) is 5.38. The van der Waals surface area contributed by atoms with Crippen LogP contribution in [-0.4, -0.2) is 18.8 Å². The molecule has 1 aromatic carbocycles. The summed E-state index contributed by atoms with van der Waals surface area (Å²) in [6, 6.07) is 9.46. The van der Waals surface area contributed by atoms with Crippen molar-refractivity contribution in [2.24, 2.45) is 0 Å². The molecule has 1 aliphatic heterocycles. The van der Waals surface area contributed by atoms with Crippen LogP contribution in [0.25, 0.3) is 0 Å². The molecule has 96 valence electrons. The van der Waals surface area contributed by atoms with Crippen molar-refractivity contribution in [3.8, 4) is 0 Å². The summed E-state index contributed by atoms with van der Waals surface area (Å²) < 4.78 is 0. The molecular formula is C16H21NS. The highest BCUT2D eigenvalue weighted by molar-refractivity contribution is 7.99. The maximum Gasteiger partial charge on any atom is 0.0354 e. The van der Waals surface area contributed by atoms with Crippen molar-refractivity contribution < 1.29 is 0 Å². The van der Waals surface area contributed by atoms with Gasteiger partial charge in [-0.25, -0.2) is 0 Å². The number of hydrogen-bond donors (Lipinski definition) is 1. The molecular weight excluding hydrogens is 238 g/mol. The molecule has 2 aliphatic rings. The first-order chi connectivity index (χ1) is 8.90. The Bertz CT molecular complexity index is 452. The van der Waals surface area contributed by atoms with Crippen LogP contribution in [0.4, 0.5) is 0 Å². The number of likely N-dealkylation sites (N-methyl/N-ethyl adjacent to an activating group) is 1. The number of rotatable bonds is 3. The van der Waals surface area contributed by atoms with Gasteiger partial charge in [-0.05, 0) is 44.4 Å². The Morgan fingerprint density at radius 3 is 2.94 bits per heavy atom. The molecule has 1 N–H and O–H groups in total. The van der Waals surface area contributed by atoms with Crippen LogP contribution >= 0.6 is 11.8 Å². The molecule has 0 saturated carbocycles. The van der Waals surface area contributed by atoms with E-state index in [-0.39, 0.29) is 0 Å². The van der Waals surface area contributed by atoms with E-state index in [9.17, 15) is 0 Å². The average Bonchev–Trinajstić information content (AvgIpc) is 2.85. The minimum Gasteiger partial charge on any atom is -0.313 e. The Kier molecular flexibility index (Phi) is 3.76. The highest BCUT2D eigenvalue weighted by atomic mass is 32.2. The molecule has 0 bridgehead atoms. The fraction of sp³-hybridized carbons (Fsp3) is 0.500. The second-order valence-electron chi connectivity index (χ2n) is 5.25. The van der Waals surface area contributed by atoms with Crippen LogP contribution in [0.1, 0.15) is 37.2 Å². The number of allylic oxidation sites excluding steroid dienone is 1. The number of benzene rings is 1. The van der Waals surface area contributed by atoms with E-state index in [1.165, 1.54) is 36.3 Å². The topological polar surface area (TPSA) is 12.0 Å². The Labute approximate surface area is 114 Å². The van der Waals surface area contributed by atoms with E-state index < -0.39 is 0 Å². The van der Waals surface area contributed by atoms with Gasteiger partial charge in [0.15, 0.2) is 0 Å². The number of thioether (sulfide) groups is 1. The van der Waals surface area contributed by atoms with Crippen LogP contribution in [-0.2, 0) is 0 Å². The highest BCUT2D eigenvalue weighted by Crippen LogP contribution is 2.43. The van der Waals surface area contributed by atoms with Gasteiger partial charge in [-0.2, -0.15) is 0 Å². The smallest absolute Gasteiger partial charge is 0.0354 e. The summed E-state index contributed by atoms with van der Waals surface area (Å²) in [6.07, 6.45) is 7.78. The first-order valence-electron chi connectivity index (χ1n) is 6.98. The van der Waals surface area contributed by atoms with Crippen LogP contribution in [0.5, 0.6) is 0 Å². The van der Waals surface area contributed by atoms with E-state index in [0.29, 0.717) is 12.0 Å². The minimum atomic E-state index is 0.543. The second-order valence-corrected chi connectivity index (χ2v) is 6.31. The largest absolute Gasteiger partial charge is 0.313 e. The molecule has 1 aromatic rings. The lowest BCUT2D eigenvalue weighted by molar-refractivity contribution is 0.514. The van der Waals surface area contributed by atoms with Crippen molar-refractivity contribution >= 4 is 11.8 Å². The standard InChI is InChI=1S/C16H21NS/c1-17-16(12-7-3-2-4-8-12)14-11-18-15-10-6-5-9-13(14)15/h5-7,9-10,14,16-17H,2-4,8,11H2,1H3. The highest BCUT2D eigenvalue weighted by Gasteiger charge is 2.31. The van der Waals surface area contributed by atoms with E-state index in [4.69, 9.17) is 0 Å². The minimum absolute atomic E-state index is 0.543. The van der Waals surface area contributed by atoms with Crippen molar-refractivity contribution in [3.05, 3.63) is 41.5 Å². The van der Waals surface area contributed by atoms with Gasteiger partial charge in [-0.15, -0.1) is 11.8 Å². The van der Waals surface area contributed by atoms with E-state index in [1.807, 2.05) is 11.8 Å². The molecule has 1 nitrogen and oxygen atoms in total. The maximum atomic E-state index is 3.57. The van der Waals surface area contributed by atoms with Gasteiger partial charge in [0.2, 0.25) is 0 Å². The zero-order valence-electron chi connectivity index (χ0n) is 11.0. The van der Waals surface area contributed by atoms with Crippen molar-refractivity contribution in [1.82, 2.24) is 5.32 Å². The van der Waals surface area contributed by atoms with Gasteiger partial charge < -0.3 is 5.32 Å². The Balaban J connectivity index is 1.87. The lowest BCUT2D eigenvalue weighted by Gasteiger charge is -2.28. The Hall–Kier alpha value is -0.730. The fourth-order valence-electron chi connectivity index (χ4n) is 3.25. The predicted octanol–water partition coefficient (Wildman–Crippen LogP) is 3.96. The van der Waals surface area contributed by atoms with Gasteiger partial charge in [0.1, 0.15) is 0 Å². The maximum absolute atomic E-state index is 3.57. The lowest BCUT2D eigenvalue weighted by Crippen LogP contribution is -2.34. The Morgan fingerprint density at radius 1 is 1.28 bits per heavy atom. The lowest BCUT2D eigenvalue weighted by atomic mass is 9.84. The van der Waals surface area contributed by atoms with Crippen molar-refractivity contribution in [1.29, 1.82) is 0 Å². The van der Waals surface area contributed by atoms with Crippen molar-refractivity contribution in [2.45, 2.75) is 42.5 Å². The Morgan fingerprint density at radius 2 is 2.17 bits per heavy atom. The molecule has 0 spiro atoms. The van der Waals surface area contributed by atoms with Crippen LogP contribution in [0.3, 0.4) is 0 Å². The molecule has 0 aromatic heterocycles. The normalized spacial score (nSPS) is 24.5. The summed E-state index contributed by atoms with van der Waals surface area (Å²) in [5, 5.41) is 3.57. The van der Waals surface area contributed by atoms with E-state index in [0.717, 1.165) is 0 Å². The summed E-state index contributed by atoms with van der Waals surface area (Å²) >= 11 is 2.02. The molecule has 1 heterocycles. The van der Waals surface area contributed by atoms with Crippen LogP contribution in [0.2, 0.25) is 0 Å². The van der Waals surface area contributed by atoms with Crippen LogP contribution in [0, 0.1) is 0 Å². The van der Waals surface area contributed by atoms with Crippen LogP contribution < -0.4 is 5.32 Å². The molecule has 1 aliphatic carbocycles. The summed E-state index contributed by atoms with van der Waals surface area (Å²) in [5.41, 5.74) is 3.19. The molecule has 2 atom stereocenters. The molecule has 0 saturated heterocycles. The molecule has 0 radical (unpaired) electrons. The van der Waals surface area contributed by atoms with Gasteiger partial charge in [-0.1, -0.05) is 29.8 Å². The van der Waals surface area contributed by atoms with Gasteiger partial charge in [0, 0.05) is 22.6 Å². The quantitative estimate of drug-likeness (QED) is 0.825. The van der Waals surface area contributed by atoms with Crippen molar-refractivity contribution in [2.75, 3.05) is 12.8 Å². The van der Waals surface area contributed by atoms with Gasteiger partial charge in [0.25, 0.3) is 0 Å². The molecule has 3 rings (SSSR count). The van der Waals surface area contributed by atoms with Gasteiger partial charge in [0.05, 0.1) is 0 Å². The summed E-state index contributed by atoms with van der Waals surface area (Å²) in [4.78, 5) is 1.49. The first-order valence-corrected chi connectivity index (χ1v) is 7.96. The third kappa shape index (κ3) is 2.24. The van der Waals surface area contributed by atoms with E-state index in [2.05, 4.69) is 42.7 Å². The number of nitrogens with one attached hydrogen (secondary N) is 1. The number of hydrogen-bond acceptors (Lipinski definition) is 2. The summed E-state index contributed by atoms with van der Waals surface area (Å²) in [7, 11) is 2.12. The zero-order chi connectivity index (χ0) is 12.4. The van der Waals surface area contributed by atoms with Crippen LogP contribution in [0.15, 0.2) is 40.8 Å². The second kappa shape index (κ2) is 5.50. The fourth-order valence-corrected chi connectivity index (χ4v) is 4.55. The third-order valence-electron chi connectivity index (χ3n) is 4.18. The summed E-state index contributed by atoms with van der Waals surface area (Å²) in [6.45, 7) is 0. The van der Waals surface area contributed by atoms with E-state index in [1.54, 1.807) is 11.1 Å². The number of fused-ring (bicyclic) bond motifs is 1. The molecule has 18 heavy (non-hydrogen) atoms. The SMILES string of the molecule is CNC(C1=CCCCC1)C1CSc2ccccc21. The molecule has 0 amide bonds. The molecule has 2 unspecified atom stereocenters. The summed E-state index contributed by atoms with van der Waals surface area (Å²) in [5.74, 6) is 1.88. The van der Waals surface area contributed by atoms with E-state index >= 15 is 0 Å². The predicted molar refractivity (Wildman–Crippen MR) is 79.3 cm³/mol. The average molecular weight is 259 g/mol. The molecule has 2 heteroatoms. The monoisotopic (exact) mass is 259 g/mol. The zero-order valence-corrected chi connectivity index (χ0v) is 11.8. The molecule has 0 fully saturated rings. The van der Waals surface area contributed by atoms with Gasteiger partial charge in [-0.3, -0.25) is 0 Å². The van der Waals surface area contributed by atoms with Gasteiger partial charge >= 0.3 is 0 Å². The first kappa shape index (κ1) is 12.3.